The smallest absolute Gasteiger partial charge is 0.406 e. The van der Waals surface area contributed by atoms with E-state index in [1.54, 1.807) is 6.07 Å². The van der Waals surface area contributed by atoms with E-state index in [9.17, 15) is 18.3 Å². The number of benzene rings is 1. The Balaban J connectivity index is 3.03. The second-order valence-corrected chi connectivity index (χ2v) is 4.71. The standard InChI is InChI=1S/C13H18F3NO2/c1-8(2)10-3-9(4-11(18)7-17)5-12(6-10)19-13(14,15)16/h3,5-6,8,11,18H,4,7,17H2,1-2H3/t11-/m1/s1. The molecule has 1 aromatic carbocycles. The van der Waals surface area contributed by atoms with Crippen molar-refractivity contribution in [2.75, 3.05) is 6.54 Å². The molecule has 0 spiro atoms. The van der Waals surface area contributed by atoms with E-state index in [0.29, 0.717) is 5.56 Å². The van der Waals surface area contributed by atoms with Gasteiger partial charge in [-0.15, -0.1) is 13.2 Å². The Labute approximate surface area is 110 Å². The summed E-state index contributed by atoms with van der Waals surface area (Å²) in [6, 6.07) is 4.39. The Morgan fingerprint density at radius 2 is 1.89 bits per heavy atom. The number of rotatable bonds is 5. The van der Waals surface area contributed by atoms with Crippen molar-refractivity contribution in [3.05, 3.63) is 29.3 Å². The number of hydrogen-bond acceptors (Lipinski definition) is 3. The molecule has 108 valence electrons. The maximum Gasteiger partial charge on any atom is 0.573 e. The summed E-state index contributed by atoms with van der Waals surface area (Å²) in [5.74, 6) is -0.205. The number of ether oxygens (including phenoxy) is 1. The lowest BCUT2D eigenvalue weighted by Crippen LogP contribution is -2.22. The summed E-state index contributed by atoms with van der Waals surface area (Å²) >= 11 is 0. The fourth-order valence-electron chi connectivity index (χ4n) is 1.69. The van der Waals surface area contributed by atoms with Crippen LogP contribution < -0.4 is 10.5 Å². The highest BCUT2D eigenvalue weighted by atomic mass is 19.4. The SMILES string of the molecule is CC(C)c1cc(C[C@@H](O)CN)cc(OC(F)(F)F)c1. The Hall–Kier alpha value is -1.27. The first-order chi connectivity index (χ1) is 8.71. The van der Waals surface area contributed by atoms with Crippen molar-refractivity contribution < 1.29 is 23.0 Å². The van der Waals surface area contributed by atoms with Crippen LogP contribution in [0, 0.1) is 0 Å². The molecule has 0 bridgehead atoms. The summed E-state index contributed by atoms with van der Waals surface area (Å²) in [7, 11) is 0. The lowest BCUT2D eigenvalue weighted by atomic mass is 9.98. The predicted octanol–water partition coefficient (Wildman–Crippen LogP) is 2.57. The minimum atomic E-state index is -4.72. The van der Waals surface area contributed by atoms with Gasteiger partial charge in [-0.25, -0.2) is 0 Å². The number of hydrogen-bond donors (Lipinski definition) is 2. The molecule has 0 heterocycles. The first-order valence-corrected chi connectivity index (χ1v) is 5.99. The molecule has 6 heteroatoms. The molecule has 3 nitrogen and oxygen atoms in total. The quantitative estimate of drug-likeness (QED) is 0.869. The lowest BCUT2D eigenvalue weighted by molar-refractivity contribution is -0.274. The van der Waals surface area contributed by atoms with Gasteiger partial charge in [-0.1, -0.05) is 19.9 Å². The lowest BCUT2D eigenvalue weighted by Gasteiger charge is -2.15. The van der Waals surface area contributed by atoms with Gasteiger partial charge < -0.3 is 15.6 Å². The highest BCUT2D eigenvalue weighted by molar-refractivity contribution is 5.36. The molecule has 1 atom stereocenters. The van der Waals surface area contributed by atoms with Gasteiger partial charge in [0.25, 0.3) is 0 Å². The van der Waals surface area contributed by atoms with Gasteiger partial charge >= 0.3 is 6.36 Å². The second-order valence-electron chi connectivity index (χ2n) is 4.71. The average Bonchev–Trinajstić information content (AvgIpc) is 2.25. The van der Waals surface area contributed by atoms with Gasteiger partial charge in [-0.2, -0.15) is 0 Å². The maximum atomic E-state index is 12.2. The number of aliphatic hydroxyl groups excluding tert-OH is 1. The molecular weight excluding hydrogens is 259 g/mol. The summed E-state index contributed by atoms with van der Waals surface area (Å²) in [6.45, 7) is 3.80. The van der Waals surface area contributed by atoms with E-state index in [1.165, 1.54) is 12.1 Å². The van der Waals surface area contributed by atoms with Gasteiger partial charge in [-0.05, 0) is 35.6 Å². The topological polar surface area (TPSA) is 55.5 Å². The minimum Gasteiger partial charge on any atom is -0.406 e. The third-order valence-corrected chi connectivity index (χ3v) is 2.63. The fraction of sp³-hybridized carbons (Fsp3) is 0.538. The van der Waals surface area contributed by atoms with Crippen LogP contribution >= 0.6 is 0 Å². The Kier molecular flexibility index (Phi) is 5.20. The molecule has 1 rings (SSSR count). The summed E-state index contributed by atoms with van der Waals surface area (Å²) in [4.78, 5) is 0. The van der Waals surface area contributed by atoms with E-state index >= 15 is 0 Å². The van der Waals surface area contributed by atoms with Crippen LogP contribution in [-0.2, 0) is 6.42 Å². The van der Waals surface area contributed by atoms with Crippen LogP contribution in [0.4, 0.5) is 13.2 Å². The van der Waals surface area contributed by atoms with Gasteiger partial charge in [-0.3, -0.25) is 0 Å². The van der Waals surface area contributed by atoms with Crippen LogP contribution in [0.3, 0.4) is 0 Å². The zero-order valence-corrected chi connectivity index (χ0v) is 10.9. The number of nitrogens with two attached hydrogens (primary N) is 1. The van der Waals surface area contributed by atoms with Crippen LogP contribution in [0.5, 0.6) is 5.75 Å². The van der Waals surface area contributed by atoms with Crippen LogP contribution in [0.2, 0.25) is 0 Å². The fourth-order valence-corrected chi connectivity index (χ4v) is 1.69. The van der Waals surface area contributed by atoms with Gasteiger partial charge in [0.2, 0.25) is 0 Å². The molecule has 0 radical (unpaired) electrons. The Morgan fingerprint density at radius 3 is 2.37 bits per heavy atom. The predicted molar refractivity (Wildman–Crippen MR) is 66.0 cm³/mol. The average molecular weight is 277 g/mol. The Morgan fingerprint density at radius 1 is 1.26 bits per heavy atom. The highest BCUT2D eigenvalue weighted by Gasteiger charge is 2.31. The van der Waals surface area contributed by atoms with Gasteiger partial charge in [0, 0.05) is 6.54 Å². The molecule has 3 N–H and O–H groups in total. The summed E-state index contributed by atoms with van der Waals surface area (Å²) in [5.41, 5.74) is 6.59. The van der Waals surface area contributed by atoms with E-state index in [0.717, 1.165) is 5.56 Å². The molecule has 0 saturated carbocycles. The van der Waals surface area contributed by atoms with Crippen molar-refractivity contribution >= 4 is 0 Å². The first kappa shape index (κ1) is 15.8. The van der Waals surface area contributed by atoms with Crippen molar-refractivity contribution in [1.29, 1.82) is 0 Å². The van der Waals surface area contributed by atoms with E-state index in [2.05, 4.69) is 4.74 Å². The number of alkyl halides is 3. The van der Waals surface area contributed by atoms with Crippen LogP contribution in [0.15, 0.2) is 18.2 Å². The molecule has 1 aromatic rings. The van der Waals surface area contributed by atoms with E-state index < -0.39 is 12.5 Å². The molecule has 0 unspecified atom stereocenters. The molecule has 0 aliphatic heterocycles. The third-order valence-electron chi connectivity index (χ3n) is 2.63. The maximum absolute atomic E-state index is 12.2. The third kappa shape index (κ3) is 5.48. The summed E-state index contributed by atoms with van der Waals surface area (Å²) < 4.78 is 40.7. The second kappa shape index (κ2) is 6.25. The van der Waals surface area contributed by atoms with Gasteiger partial charge in [0.15, 0.2) is 0 Å². The molecule has 0 aromatic heterocycles. The van der Waals surface area contributed by atoms with E-state index in [4.69, 9.17) is 5.73 Å². The summed E-state index contributed by atoms with van der Waals surface area (Å²) in [6.07, 6.45) is -5.30. The van der Waals surface area contributed by atoms with Crippen molar-refractivity contribution in [3.63, 3.8) is 0 Å². The zero-order chi connectivity index (χ0) is 14.6. The van der Waals surface area contributed by atoms with Crippen molar-refractivity contribution in [3.8, 4) is 5.75 Å². The molecule has 0 fully saturated rings. The first-order valence-electron chi connectivity index (χ1n) is 5.99. The van der Waals surface area contributed by atoms with Gasteiger partial charge in [0.1, 0.15) is 5.75 Å². The van der Waals surface area contributed by atoms with Gasteiger partial charge in [0.05, 0.1) is 6.10 Å². The molecular formula is C13H18F3NO2. The summed E-state index contributed by atoms with van der Waals surface area (Å²) in [5, 5.41) is 9.48. The van der Waals surface area contributed by atoms with Crippen LogP contribution in [0.25, 0.3) is 0 Å². The Bertz CT molecular complexity index is 419. The van der Waals surface area contributed by atoms with E-state index in [1.807, 2.05) is 13.8 Å². The number of aliphatic hydroxyl groups is 1. The van der Waals surface area contributed by atoms with Crippen LogP contribution in [0.1, 0.15) is 30.9 Å². The zero-order valence-electron chi connectivity index (χ0n) is 10.9. The minimum absolute atomic E-state index is 0.0569. The molecule has 19 heavy (non-hydrogen) atoms. The van der Waals surface area contributed by atoms with Crippen molar-refractivity contribution in [2.24, 2.45) is 5.73 Å². The highest BCUT2D eigenvalue weighted by Crippen LogP contribution is 2.28. The normalized spacial score (nSPS) is 13.7. The molecule has 0 amide bonds. The number of halogens is 3. The van der Waals surface area contributed by atoms with Crippen molar-refractivity contribution in [1.82, 2.24) is 0 Å². The molecule has 0 aliphatic rings. The monoisotopic (exact) mass is 277 g/mol. The molecule has 0 saturated heterocycles. The van der Waals surface area contributed by atoms with Crippen LogP contribution in [-0.4, -0.2) is 24.1 Å². The largest absolute Gasteiger partial charge is 0.573 e. The van der Waals surface area contributed by atoms with E-state index in [-0.39, 0.29) is 24.6 Å². The van der Waals surface area contributed by atoms with Crippen molar-refractivity contribution in [2.45, 2.75) is 38.7 Å². The molecule has 0 aliphatic carbocycles.